The maximum atomic E-state index is 2.40. The Bertz CT molecular complexity index is 2790. The first-order chi connectivity index (χ1) is 25.6. The van der Waals surface area contributed by atoms with Crippen LogP contribution in [-0.2, 0) is 5.41 Å². The van der Waals surface area contributed by atoms with Crippen LogP contribution in [0.2, 0.25) is 0 Å². The zero-order valence-electron chi connectivity index (χ0n) is 29.3. The van der Waals surface area contributed by atoms with Crippen LogP contribution in [0.1, 0.15) is 25.0 Å². The molecular weight excluding hydrogens is 627 g/mol. The summed E-state index contributed by atoms with van der Waals surface area (Å²) in [5, 5.41) is 7.67. The van der Waals surface area contributed by atoms with Gasteiger partial charge in [0.2, 0.25) is 0 Å². The molecule has 1 aliphatic carbocycles. The van der Waals surface area contributed by atoms with Gasteiger partial charge in [-0.2, -0.15) is 0 Å². The van der Waals surface area contributed by atoms with E-state index >= 15 is 0 Å². The van der Waals surface area contributed by atoms with Gasteiger partial charge in [0, 0.05) is 22.5 Å². The molecule has 0 heterocycles. The quantitative estimate of drug-likeness (QED) is 0.166. The smallest absolute Gasteiger partial charge is 0.0468 e. The first kappa shape index (κ1) is 30.4. The van der Waals surface area contributed by atoms with Gasteiger partial charge in [-0.05, 0) is 125 Å². The van der Waals surface area contributed by atoms with Crippen LogP contribution in [0, 0.1) is 0 Å². The van der Waals surface area contributed by atoms with E-state index in [2.05, 4.69) is 207 Å². The molecule has 0 unspecified atom stereocenters. The van der Waals surface area contributed by atoms with E-state index in [1.165, 1.54) is 76.8 Å². The first-order valence-corrected chi connectivity index (χ1v) is 18.2. The number of rotatable bonds is 5. The summed E-state index contributed by atoms with van der Waals surface area (Å²) in [6, 6.07) is 69.1. The van der Waals surface area contributed by atoms with Gasteiger partial charge in [0.25, 0.3) is 0 Å². The van der Waals surface area contributed by atoms with Gasteiger partial charge in [-0.1, -0.05) is 153 Å². The second-order valence-corrected chi connectivity index (χ2v) is 14.5. The van der Waals surface area contributed by atoms with Gasteiger partial charge in [-0.15, -0.1) is 0 Å². The summed E-state index contributed by atoms with van der Waals surface area (Å²) in [7, 11) is 0. The zero-order chi connectivity index (χ0) is 34.8. The number of benzene rings is 9. The number of nitrogens with zero attached hydrogens (tertiary/aromatic N) is 1. The molecule has 0 radical (unpaired) electrons. The van der Waals surface area contributed by atoms with Crippen LogP contribution < -0.4 is 4.90 Å². The van der Waals surface area contributed by atoms with E-state index < -0.39 is 0 Å². The highest BCUT2D eigenvalue weighted by Gasteiger charge is 2.35. The van der Waals surface area contributed by atoms with E-state index in [1.807, 2.05) is 0 Å². The maximum absolute atomic E-state index is 2.40. The molecule has 246 valence electrons. The van der Waals surface area contributed by atoms with E-state index in [4.69, 9.17) is 0 Å². The van der Waals surface area contributed by atoms with Crippen molar-refractivity contribution < 1.29 is 0 Å². The van der Waals surface area contributed by atoms with E-state index in [-0.39, 0.29) is 5.41 Å². The average Bonchev–Trinajstić information content (AvgIpc) is 3.43. The highest BCUT2D eigenvalue weighted by molar-refractivity contribution is 6.25. The molecular formula is C51H37N. The van der Waals surface area contributed by atoms with Gasteiger partial charge in [0.05, 0.1) is 0 Å². The molecule has 0 aliphatic heterocycles. The molecule has 0 fully saturated rings. The summed E-state index contributed by atoms with van der Waals surface area (Å²) >= 11 is 0. The van der Waals surface area contributed by atoms with Gasteiger partial charge in [0.15, 0.2) is 0 Å². The third kappa shape index (κ3) is 4.70. The summed E-state index contributed by atoms with van der Waals surface area (Å²) in [5.74, 6) is 0. The fraction of sp³-hybridized carbons (Fsp3) is 0.0588. The molecule has 0 spiro atoms. The fourth-order valence-corrected chi connectivity index (χ4v) is 8.74. The molecule has 9 aromatic rings. The van der Waals surface area contributed by atoms with Crippen molar-refractivity contribution in [3.05, 3.63) is 199 Å². The molecule has 0 aromatic heterocycles. The predicted octanol–water partition coefficient (Wildman–Crippen LogP) is 14.3. The molecule has 0 saturated carbocycles. The van der Waals surface area contributed by atoms with Gasteiger partial charge in [-0.3, -0.25) is 0 Å². The minimum atomic E-state index is -0.0273. The Balaban J connectivity index is 1.13. The van der Waals surface area contributed by atoms with Crippen molar-refractivity contribution in [2.45, 2.75) is 19.3 Å². The Kier molecular flexibility index (Phi) is 6.91. The summed E-state index contributed by atoms with van der Waals surface area (Å²) < 4.78 is 0. The molecule has 1 aliphatic rings. The lowest BCUT2D eigenvalue weighted by atomic mass is 9.82. The second kappa shape index (κ2) is 11.8. The minimum Gasteiger partial charge on any atom is -0.310 e. The van der Waals surface area contributed by atoms with Crippen LogP contribution >= 0.6 is 0 Å². The summed E-state index contributed by atoms with van der Waals surface area (Å²) in [4.78, 5) is 2.38. The normalized spacial score (nSPS) is 13.0. The van der Waals surface area contributed by atoms with Gasteiger partial charge >= 0.3 is 0 Å². The van der Waals surface area contributed by atoms with Crippen LogP contribution in [0.5, 0.6) is 0 Å². The third-order valence-corrected chi connectivity index (χ3v) is 11.2. The number of anilines is 3. The molecule has 1 nitrogen and oxygen atoms in total. The molecule has 0 atom stereocenters. The zero-order valence-corrected chi connectivity index (χ0v) is 29.3. The maximum Gasteiger partial charge on any atom is 0.0468 e. The lowest BCUT2D eigenvalue weighted by molar-refractivity contribution is 0.660. The Morgan fingerprint density at radius 1 is 0.346 bits per heavy atom. The Hall–Kier alpha value is -6.44. The lowest BCUT2D eigenvalue weighted by Crippen LogP contribution is -2.15. The Morgan fingerprint density at radius 3 is 1.48 bits per heavy atom. The van der Waals surface area contributed by atoms with Gasteiger partial charge in [-0.25, -0.2) is 0 Å². The van der Waals surface area contributed by atoms with Gasteiger partial charge in [0.1, 0.15) is 0 Å². The lowest BCUT2D eigenvalue weighted by Gasteiger charge is -2.27. The number of hydrogen-bond acceptors (Lipinski definition) is 1. The molecule has 0 saturated heterocycles. The van der Waals surface area contributed by atoms with Crippen molar-refractivity contribution >= 4 is 49.4 Å². The molecule has 1 heteroatoms. The molecule has 10 rings (SSSR count). The summed E-state index contributed by atoms with van der Waals surface area (Å²) in [5.41, 5.74) is 13.8. The highest BCUT2D eigenvalue weighted by atomic mass is 15.1. The number of fused-ring (bicyclic) bond motifs is 8. The molecule has 52 heavy (non-hydrogen) atoms. The minimum absolute atomic E-state index is 0.0273. The van der Waals surface area contributed by atoms with Crippen molar-refractivity contribution in [3.8, 4) is 33.4 Å². The van der Waals surface area contributed by atoms with Crippen molar-refractivity contribution in [3.63, 3.8) is 0 Å². The standard InChI is InChI=1S/C51H37N/c1-51(2)48-24-14-13-21-42(48)47-33-39(29-30-49(47)51)52(37-17-7-4-8-18-37)38-27-25-35(26-28-38)46-32-36-31-45(34-15-5-3-6-16-34)40-19-9-11-22-43(40)50(36)44-23-12-10-20-41(44)46/h3-33H,1-2H3. The monoisotopic (exact) mass is 663 g/mol. The van der Waals surface area contributed by atoms with Crippen molar-refractivity contribution in [1.29, 1.82) is 0 Å². The summed E-state index contributed by atoms with van der Waals surface area (Å²) in [6.45, 7) is 4.68. The van der Waals surface area contributed by atoms with E-state index in [0.29, 0.717) is 0 Å². The van der Waals surface area contributed by atoms with Crippen molar-refractivity contribution in [1.82, 2.24) is 0 Å². The van der Waals surface area contributed by atoms with Crippen LogP contribution in [0.15, 0.2) is 188 Å². The van der Waals surface area contributed by atoms with Crippen LogP contribution in [-0.4, -0.2) is 0 Å². The molecule has 0 bridgehead atoms. The second-order valence-electron chi connectivity index (χ2n) is 14.5. The Labute approximate surface area is 305 Å². The third-order valence-electron chi connectivity index (χ3n) is 11.2. The topological polar surface area (TPSA) is 3.24 Å². The van der Waals surface area contributed by atoms with E-state index in [9.17, 15) is 0 Å². The van der Waals surface area contributed by atoms with Crippen molar-refractivity contribution in [2.24, 2.45) is 0 Å². The largest absolute Gasteiger partial charge is 0.310 e. The predicted molar refractivity (Wildman–Crippen MR) is 222 cm³/mol. The first-order valence-electron chi connectivity index (χ1n) is 18.2. The number of para-hydroxylation sites is 1. The van der Waals surface area contributed by atoms with E-state index in [0.717, 1.165) is 17.1 Å². The van der Waals surface area contributed by atoms with Gasteiger partial charge < -0.3 is 4.90 Å². The van der Waals surface area contributed by atoms with Crippen molar-refractivity contribution in [2.75, 3.05) is 4.90 Å². The van der Waals surface area contributed by atoms with Crippen LogP contribution in [0.3, 0.4) is 0 Å². The SMILES string of the molecule is CC1(C)c2ccccc2-c2cc(N(c3ccccc3)c3ccc(-c4cc5cc(-c6ccccc6)c6ccccc6c5c5ccccc45)cc3)ccc21. The van der Waals surface area contributed by atoms with E-state index in [1.54, 1.807) is 0 Å². The highest BCUT2D eigenvalue weighted by Crippen LogP contribution is 2.51. The Morgan fingerprint density at radius 2 is 0.827 bits per heavy atom. The van der Waals surface area contributed by atoms with Crippen LogP contribution in [0.4, 0.5) is 17.1 Å². The molecule has 0 N–H and O–H groups in total. The van der Waals surface area contributed by atoms with Crippen LogP contribution in [0.25, 0.3) is 65.7 Å². The molecule has 0 amide bonds. The average molecular weight is 664 g/mol. The fourth-order valence-electron chi connectivity index (χ4n) is 8.74. The summed E-state index contributed by atoms with van der Waals surface area (Å²) in [6.07, 6.45) is 0. The molecule has 9 aromatic carbocycles. The number of hydrogen-bond donors (Lipinski definition) is 0.